The summed E-state index contributed by atoms with van der Waals surface area (Å²) in [5.74, 6) is 7.61. The van der Waals surface area contributed by atoms with Crippen LogP contribution in [-0.2, 0) is 19.1 Å². The minimum atomic E-state index is -0.774. The lowest BCUT2D eigenvalue weighted by Gasteiger charge is -2.29. The third-order valence-electron chi connectivity index (χ3n) is 12.8. The Morgan fingerprint density at radius 3 is 2.29 bits per heavy atom. The first-order valence-corrected chi connectivity index (χ1v) is 21.6. The van der Waals surface area contributed by atoms with Crippen molar-refractivity contribution >= 4 is 61.5 Å². The van der Waals surface area contributed by atoms with E-state index in [9.17, 15) is 14.4 Å². The highest BCUT2D eigenvalue weighted by Gasteiger charge is 2.40. The van der Waals surface area contributed by atoms with Gasteiger partial charge in [0.2, 0.25) is 11.8 Å². The van der Waals surface area contributed by atoms with E-state index in [2.05, 4.69) is 69.6 Å². The molecule has 2 aliphatic heterocycles. The second kappa shape index (κ2) is 17.2. The van der Waals surface area contributed by atoms with Crippen LogP contribution in [0.25, 0.3) is 54.7 Å². The van der Waals surface area contributed by atoms with Crippen LogP contribution in [0.1, 0.15) is 80.9 Å². The molecule has 0 radical (unpaired) electrons. The zero-order chi connectivity index (χ0) is 43.9. The van der Waals surface area contributed by atoms with E-state index < -0.39 is 18.2 Å². The minimum absolute atomic E-state index is 0.129. The quantitative estimate of drug-likeness (QED) is 0.100. The van der Waals surface area contributed by atoms with Crippen LogP contribution < -0.4 is 11.1 Å². The maximum absolute atomic E-state index is 13.9. The van der Waals surface area contributed by atoms with Crippen LogP contribution in [0.15, 0.2) is 84.9 Å². The number of ether oxygens (including phenoxy) is 2. The number of alkyl carbamates (subject to hydrolysis) is 1. The number of imidazole rings is 2. The average molecular weight is 845 g/mol. The molecular formula is C50H52N8O5. The van der Waals surface area contributed by atoms with Crippen molar-refractivity contribution in [2.75, 3.05) is 33.9 Å². The first kappa shape index (κ1) is 41.6. The highest BCUT2D eigenvalue weighted by Crippen LogP contribution is 2.40. The van der Waals surface area contributed by atoms with Crippen LogP contribution in [0.4, 0.5) is 4.79 Å². The Balaban J connectivity index is 1.03. The van der Waals surface area contributed by atoms with Crippen LogP contribution in [0, 0.1) is 23.7 Å². The summed E-state index contributed by atoms with van der Waals surface area (Å²) in [6.07, 6.45) is 1.67. The van der Waals surface area contributed by atoms with Gasteiger partial charge in [-0.1, -0.05) is 80.4 Å². The first-order valence-electron chi connectivity index (χ1n) is 21.6. The fourth-order valence-corrected chi connectivity index (χ4v) is 9.61. The van der Waals surface area contributed by atoms with Crippen molar-refractivity contribution in [2.24, 2.45) is 17.6 Å². The molecule has 4 heterocycles. The van der Waals surface area contributed by atoms with Crippen LogP contribution >= 0.6 is 0 Å². The molecule has 13 heteroatoms. The largest absolute Gasteiger partial charge is 0.453 e. The lowest BCUT2D eigenvalue weighted by molar-refractivity contribution is -0.135. The molecule has 0 saturated carbocycles. The number of rotatable bonds is 10. The number of aromatic amines is 2. The number of aromatic nitrogens is 4. The fourth-order valence-electron chi connectivity index (χ4n) is 9.61. The Hall–Kier alpha value is -6.75. The molecule has 7 aromatic rings. The molecule has 5 aromatic carbocycles. The molecule has 5 N–H and O–H groups in total. The van der Waals surface area contributed by atoms with Crippen LogP contribution in [-0.4, -0.2) is 87.6 Å². The number of fused-ring (bicyclic) bond motifs is 6. The van der Waals surface area contributed by atoms with Crippen LogP contribution in [0.3, 0.4) is 0 Å². The molecule has 2 fully saturated rings. The monoisotopic (exact) mass is 844 g/mol. The summed E-state index contributed by atoms with van der Waals surface area (Å²) in [5, 5.41) is 6.80. The number of methoxy groups -OCH3 is 2. The van der Waals surface area contributed by atoms with E-state index in [-0.39, 0.29) is 35.7 Å². The number of benzene rings is 5. The molecule has 9 rings (SSSR count). The highest BCUT2D eigenvalue weighted by molar-refractivity contribution is 6.09. The Morgan fingerprint density at radius 1 is 0.841 bits per heavy atom. The van der Waals surface area contributed by atoms with Gasteiger partial charge in [-0.3, -0.25) is 9.59 Å². The Morgan fingerprint density at radius 2 is 1.56 bits per heavy atom. The smallest absolute Gasteiger partial charge is 0.407 e. The topological polar surface area (TPSA) is 172 Å². The van der Waals surface area contributed by atoms with Crippen LogP contribution in [0.2, 0.25) is 0 Å². The Bertz CT molecular complexity index is 2950. The molecule has 3 amide bonds. The van der Waals surface area contributed by atoms with E-state index in [4.69, 9.17) is 25.2 Å². The number of carbonyl (C=O) groups excluding carboxylic acids is 3. The van der Waals surface area contributed by atoms with Crippen molar-refractivity contribution in [3.63, 3.8) is 0 Å². The number of hydrogen-bond acceptors (Lipinski definition) is 8. The van der Waals surface area contributed by atoms with Gasteiger partial charge in [-0.15, -0.1) is 5.92 Å². The van der Waals surface area contributed by atoms with Crippen molar-refractivity contribution in [3.05, 3.63) is 108 Å². The van der Waals surface area contributed by atoms with Gasteiger partial charge < -0.3 is 40.3 Å². The van der Waals surface area contributed by atoms with E-state index in [1.807, 2.05) is 73.0 Å². The summed E-state index contributed by atoms with van der Waals surface area (Å²) >= 11 is 0. The van der Waals surface area contributed by atoms with Gasteiger partial charge in [-0.2, -0.15) is 0 Å². The zero-order valence-corrected chi connectivity index (χ0v) is 36.2. The molecule has 13 nitrogen and oxygen atoms in total. The van der Waals surface area contributed by atoms with E-state index in [1.54, 1.807) is 7.11 Å². The first-order chi connectivity index (χ1) is 30.6. The van der Waals surface area contributed by atoms with Gasteiger partial charge in [0.1, 0.15) is 23.7 Å². The minimum Gasteiger partial charge on any atom is -0.453 e. The molecular weight excluding hydrogens is 793 g/mol. The third kappa shape index (κ3) is 7.74. The van der Waals surface area contributed by atoms with Gasteiger partial charge in [0.05, 0.1) is 47.9 Å². The number of likely N-dealkylation sites (tertiary alicyclic amines) is 2. The molecule has 63 heavy (non-hydrogen) atoms. The molecule has 2 saturated heterocycles. The molecule has 5 atom stereocenters. The number of nitrogens with one attached hydrogen (secondary N) is 3. The van der Waals surface area contributed by atoms with Gasteiger partial charge in [-0.05, 0) is 78.4 Å². The van der Waals surface area contributed by atoms with E-state index >= 15 is 0 Å². The Kier molecular flexibility index (Phi) is 11.4. The number of hydrogen-bond donors (Lipinski definition) is 4. The molecule has 0 spiro atoms. The number of H-pyrrole nitrogens is 2. The van der Waals surface area contributed by atoms with Gasteiger partial charge in [0, 0.05) is 47.8 Å². The van der Waals surface area contributed by atoms with E-state index in [0.717, 1.165) is 91.0 Å². The summed E-state index contributed by atoms with van der Waals surface area (Å²) < 4.78 is 10.3. The normalized spacial score (nSPS) is 18.6. The molecule has 0 bridgehead atoms. The molecule has 0 aliphatic carbocycles. The molecule has 0 unspecified atom stereocenters. The number of carbonyl (C=O) groups is 3. The van der Waals surface area contributed by atoms with Gasteiger partial charge in [0.15, 0.2) is 0 Å². The SMILES string of the molecule is CC#Cc1cc2nc([C@@H]3CCCN3C(=O)[C@@H](NC(=O)OC)C(C)C)[nH]c2c2ccc(-c3ccc4c(ccc5nc([C@@H]6C[C@H](COC)CN6C(=O)[C@H](N)c6ccccc6)[nH]c54)c3)cc12. The summed E-state index contributed by atoms with van der Waals surface area (Å²) in [7, 11) is 2.99. The maximum Gasteiger partial charge on any atom is 0.407 e. The van der Waals surface area contributed by atoms with Crippen LogP contribution in [0.5, 0.6) is 0 Å². The highest BCUT2D eigenvalue weighted by atomic mass is 16.5. The van der Waals surface area contributed by atoms with Crippen molar-refractivity contribution in [2.45, 2.75) is 64.2 Å². The van der Waals surface area contributed by atoms with Gasteiger partial charge in [0.25, 0.3) is 0 Å². The lowest BCUT2D eigenvalue weighted by Crippen LogP contribution is -2.51. The van der Waals surface area contributed by atoms with Gasteiger partial charge in [-0.25, -0.2) is 14.8 Å². The number of nitrogens with zero attached hydrogens (tertiary/aromatic N) is 4. The summed E-state index contributed by atoms with van der Waals surface area (Å²) in [5.41, 5.74) is 13.7. The lowest BCUT2D eigenvalue weighted by atomic mass is 9.95. The summed E-state index contributed by atoms with van der Waals surface area (Å²) in [4.78, 5) is 60.9. The van der Waals surface area contributed by atoms with Crippen molar-refractivity contribution in [3.8, 4) is 23.0 Å². The predicted octanol–water partition coefficient (Wildman–Crippen LogP) is 8.06. The number of nitrogens with two attached hydrogens (primary N) is 1. The standard InChI is InChI=1S/C50H52N8O5/c1-6-11-33-25-39-45(55-46(53-39)40-14-10-21-57(40)49(60)43(28(2)3)56-50(61)63-5)36-19-16-32(24-37(33)36)31-15-18-35-34(23-31)17-20-38-44(35)54-47(52-38)41-22-29(27-62-4)26-58(41)48(59)42(51)30-12-8-7-9-13-30/h7-9,12-13,15-20,23-25,28-29,40-43H,10,14,21-22,26-27,51H2,1-5H3,(H,52,54)(H,53,55)(H,56,61)/t29-,40-,41-,42+,43-/m0/s1. The second-order valence-corrected chi connectivity index (χ2v) is 17.1. The maximum atomic E-state index is 13.9. The van der Waals surface area contributed by atoms with E-state index in [1.165, 1.54) is 7.11 Å². The fraction of sp³-hybridized carbons (Fsp3) is 0.340. The van der Waals surface area contributed by atoms with Gasteiger partial charge >= 0.3 is 6.09 Å². The van der Waals surface area contributed by atoms with Crippen molar-refractivity contribution in [1.29, 1.82) is 0 Å². The Labute approximate surface area is 365 Å². The van der Waals surface area contributed by atoms with Crippen molar-refractivity contribution < 1.29 is 23.9 Å². The zero-order valence-electron chi connectivity index (χ0n) is 36.2. The predicted molar refractivity (Wildman–Crippen MR) is 244 cm³/mol. The molecule has 2 aromatic heterocycles. The number of amides is 3. The van der Waals surface area contributed by atoms with Crippen molar-refractivity contribution in [1.82, 2.24) is 35.1 Å². The second-order valence-electron chi connectivity index (χ2n) is 17.1. The van der Waals surface area contributed by atoms with E-state index in [0.29, 0.717) is 25.5 Å². The average Bonchev–Trinajstić information content (AvgIpc) is 4.13. The molecule has 2 aliphatic rings. The summed E-state index contributed by atoms with van der Waals surface area (Å²) in [6.45, 7) is 7.30. The summed E-state index contributed by atoms with van der Waals surface area (Å²) in [6, 6.07) is 26.5. The third-order valence-corrected chi connectivity index (χ3v) is 12.8. The molecule has 322 valence electrons.